The highest BCUT2D eigenvalue weighted by molar-refractivity contribution is 7.87. The summed E-state index contributed by atoms with van der Waals surface area (Å²) in [6.07, 6.45) is 2.41. The number of hydrogen-bond donors (Lipinski definition) is 2. The van der Waals surface area contributed by atoms with Gasteiger partial charge in [-0.05, 0) is 31.8 Å². The standard InChI is InChI=1S/C9H21N3O2S/c1-8(2)9(7-11-15(10,13)14)12-5-3-4-6-12/h8-9,11H,3-7H2,1-2H3,(H2,10,13,14). The van der Waals surface area contributed by atoms with E-state index in [9.17, 15) is 8.42 Å². The molecule has 0 aromatic heterocycles. The SMILES string of the molecule is CC(C)C(CNS(N)(=O)=O)N1CCCC1. The second kappa shape index (κ2) is 5.25. The Hall–Kier alpha value is -0.170. The van der Waals surface area contributed by atoms with Crippen LogP contribution in [0.5, 0.6) is 0 Å². The minimum atomic E-state index is -3.56. The van der Waals surface area contributed by atoms with Crippen molar-refractivity contribution in [3.63, 3.8) is 0 Å². The van der Waals surface area contributed by atoms with E-state index in [0.29, 0.717) is 12.5 Å². The molecule has 6 heteroatoms. The second-order valence-electron chi connectivity index (χ2n) is 4.45. The van der Waals surface area contributed by atoms with Crippen LogP contribution in [0, 0.1) is 5.92 Å². The van der Waals surface area contributed by atoms with Crippen LogP contribution in [0.3, 0.4) is 0 Å². The molecule has 0 radical (unpaired) electrons. The normalized spacial score (nSPS) is 21.1. The first-order valence-electron chi connectivity index (χ1n) is 5.41. The van der Waals surface area contributed by atoms with Gasteiger partial charge in [-0.25, -0.2) is 9.86 Å². The summed E-state index contributed by atoms with van der Waals surface area (Å²) < 4.78 is 24.0. The van der Waals surface area contributed by atoms with Crippen LogP contribution in [0.25, 0.3) is 0 Å². The Labute approximate surface area is 92.2 Å². The van der Waals surface area contributed by atoms with Gasteiger partial charge in [-0.15, -0.1) is 0 Å². The molecule has 90 valence electrons. The Balaban J connectivity index is 2.50. The van der Waals surface area contributed by atoms with E-state index in [2.05, 4.69) is 23.5 Å². The molecule has 0 saturated carbocycles. The van der Waals surface area contributed by atoms with Crippen LogP contribution in [-0.2, 0) is 10.2 Å². The molecule has 1 atom stereocenters. The van der Waals surface area contributed by atoms with E-state index < -0.39 is 10.2 Å². The van der Waals surface area contributed by atoms with Gasteiger partial charge in [-0.3, -0.25) is 4.90 Å². The number of nitrogens with two attached hydrogens (primary N) is 1. The molecule has 1 fully saturated rings. The van der Waals surface area contributed by atoms with Gasteiger partial charge in [0.2, 0.25) is 0 Å². The van der Waals surface area contributed by atoms with E-state index in [1.54, 1.807) is 0 Å². The molecular formula is C9H21N3O2S. The van der Waals surface area contributed by atoms with Gasteiger partial charge in [0.05, 0.1) is 0 Å². The Bertz CT molecular complexity index is 284. The number of nitrogens with zero attached hydrogens (tertiary/aromatic N) is 1. The van der Waals surface area contributed by atoms with Crippen molar-refractivity contribution < 1.29 is 8.42 Å². The molecule has 1 aliphatic rings. The van der Waals surface area contributed by atoms with E-state index >= 15 is 0 Å². The Morgan fingerprint density at radius 1 is 1.33 bits per heavy atom. The van der Waals surface area contributed by atoms with Gasteiger partial charge in [0.25, 0.3) is 10.2 Å². The van der Waals surface area contributed by atoms with Gasteiger partial charge in [0, 0.05) is 12.6 Å². The van der Waals surface area contributed by atoms with Crippen LogP contribution in [0.4, 0.5) is 0 Å². The molecule has 0 spiro atoms. The van der Waals surface area contributed by atoms with E-state index in [4.69, 9.17) is 5.14 Å². The molecule has 0 aromatic carbocycles. The molecule has 1 rings (SSSR count). The molecule has 3 N–H and O–H groups in total. The highest BCUT2D eigenvalue weighted by Crippen LogP contribution is 2.17. The zero-order valence-corrected chi connectivity index (χ0v) is 10.3. The van der Waals surface area contributed by atoms with Gasteiger partial charge in [-0.2, -0.15) is 8.42 Å². The number of nitrogens with one attached hydrogen (secondary N) is 1. The van der Waals surface area contributed by atoms with Crippen LogP contribution >= 0.6 is 0 Å². The average molecular weight is 235 g/mol. The van der Waals surface area contributed by atoms with Crippen molar-refractivity contribution in [1.29, 1.82) is 0 Å². The van der Waals surface area contributed by atoms with Crippen LogP contribution in [-0.4, -0.2) is 39.0 Å². The van der Waals surface area contributed by atoms with Crippen LogP contribution < -0.4 is 9.86 Å². The highest BCUT2D eigenvalue weighted by Gasteiger charge is 2.25. The maximum absolute atomic E-state index is 10.8. The highest BCUT2D eigenvalue weighted by atomic mass is 32.2. The maximum Gasteiger partial charge on any atom is 0.274 e. The van der Waals surface area contributed by atoms with Crippen LogP contribution in [0.2, 0.25) is 0 Å². The van der Waals surface area contributed by atoms with Crippen molar-refractivity contribution in [2.24, 2.45) is 11.1 Å². The number of rotatable bonds is 5. The molecule has 5 nitrogen and oxygen atoms in total. The van der Waals surface area contributed by atoms with E-state index in [-0.39, 0.29) is 6.04 Å². The van der Waals surface area contributed by atoms with Crippen molar-refractivity contribution >= 4 is 10.2 Å². The van der Waals surface area contributed by atoms with Crippen molar-refractivity contribution in [1.82, 2.24) is 9.62 Å². The fraction of sp³-hybridized carbons (Fsp3) is 1.00. The lowest BCUT2D eigenvalue weighted by atomic mass is 10.0. The predicted molar refractivity (Wildman–Crippen MR) is 60.5 cm³/mol. The Morgan fingerprint density at radius 2 is 1.87 bits per heavy atom. The van der Waals surface area contributed by atoms with Crippen molar-refractivity contribution in [3.8, 4) is 0 Å². The zero-order valence-electron chi connectivity index (χ0n) is 9.44. The van der Waals surface area contributed by atoms with Crippen LogP contribution in [0.15, 0.2) is 0 Å². The summed E-state index contributed by atoms with van der Waals surface area (Å²) >= 11 is 0. The van der Waals surface area contributed by atoms with Crippen molar-refractivity contribution in [3.05, 3.63) is 0 Å². The molecule has 0 aliphatic carbocycles. The van der Waals surface area contributed by atoms with Crippen LogP contribution in [0.1, 0.15) is 26.7 Å². The van der Waals surface area contributed by atoms with Gasteiger partial charge in [0.15, 0.2) is 0 Å². The first kappa shape index (κ1) is 12.9. The van der Waals surface area contributed by atoms with Gasteiger partial charge in [-0.1, -0.05) is 13.8 Å². The van der Waals surface area contributed by atoms with Gasteiger partial charge < -0.3 is 0 Å². The Morgan fingerprint density at radius 3 is 2.27 bits per heavy atom. The second-order valence-corrected chi connectivity index (χ2v) is 5.83. The zero-order chi connectivity index (χ0) is 11.5. The predicted octanol–water partition coefficient (Wildman–Crippen LogP) is -0.100. The third-order valence-electron chi connectivity index (χ3n) is 2.87. The van der Waals surface area contributed by atoms with Crippen molar-refractivity contribution in [2.75, 3.05) is 19.6 Å². The molecule has 0 amide bonds. The smallest absolute Gasteiger partial charge is 0.274 e. The molecular weight excluding hydrogens is 214 g/mol. The monoisotopic (exact) mass is 235 g/mol. The summed E-state index contributed by atoms with van der Waals surface area (Å²) in [4.78, 5) is 2.34. The first-order chi connectivity index (χ1) is 6.90. The third kappa shape index (κ3) is 4.46. The molecule has 1 aliphatic heterocycles. The van der Waals surface area contributed by atoms with E-state index in [1.165, 1.54) is 12.8 Å². The summed E-state index contributed by atoms with van der Waals surface area (Å²) in [6.45, 7) is 6.75. The van der Waals surface area contributed by atoms with E-state index in [1.807, 2.05) is 0 Å². The fourth-order valence-electron chi connectivity index (χ4n) is 2.06. The molecule has 0 bridgehead atoms. The molecule has 1 saturated heterocycles. The largest absolute Gasteiger partial charge is 0.299 e. The maximum atomic E-state index is 10.8. The number of likely N-dealkylation sites (tertiary alicyclic amines) is 1. The minimum absolute atomic E-state index is 0.255. The summed E-state index contributed by atoms with van der Waals surface area (Å²) in [6, 6.07) is 0.255. The summed E-state index contributed by atoms with van der Waals surface area (Å²) in [5.41, 5.74) is 0. The lowest BCUT2D eigenvalue weighted by molar-refractivity contribution is 0.193. The lowest BCUT2D eigenvalue weighted by Crippen LogP contribution is -2.47. The first-order valence-corrected chi connectivity index (χ1v) is 6.96. The third-order valence-corrected chi connectivity index (χ3v) is 3.44. The van der Waals surface area contributed by atoms with Gasteiger partial charge >= 0.3 is 0 Å². The van der Waals surface area contributed by atoms with Gasteiger partial charge in [0.1, 0.15) is 0 Å². The van der Waals surface area contributed by atoms with Crippen molar-refractivity contribution in [2.45, 2.75) is 32.7 Å². The summed E-state index contributed by atoms with van der Waals surface area (Å²) in [5.74, 6) is 0.428. The van der Waals surface area contributed by atoms with E-state index in [0.717, 1.165) is 13.1 Å². The molecule has 15 heavy (non-hydrogen) atoms. The number of hydrogen-bond acceptors (Lipinski definition) is 3. The molecule has 1 unspecified atom stereocenters. The summed E-state index contributed by atoms with van der Waals surface area (Å²) in [5, 5.41) is 4.93. The minimum Gasteiger partial charge on any atom is -0.299 e. The summed E-state index contributed by atoms with van der Waals surface area (Å²) in [7, 11) is -3.56. The fourth-order valence-corrected chi connectivity index (χ4v) is 2.46. The topological polar surface area (TPSA) is 75.4 Å². The molecule has 1 heterocycles. The molecule has 0 aromatic rings. The Kier molecular flexibility index (Phi) is 4.51. The average Bonchev–Trinajstić information content (AvgIpc) is 2.54. The lowest BCUT2D eigenvalue weighted by Gasteiger charge is -2.30. The quantitative estimate of drug-likeness (QED) is 0.698.